The molecule has 1 saturated carbocycles. The van der Waals surface area contributed by atoms with Crippen LogP contribution in [0.5, 0.6) is 0 Å². The number of carboxylic acid groups (broad SMARTS) is 1. The van der Waals surface area contributed by atoms with Crippen LogP contribution in [-0.2, 0) is 20.9 Å². The van der Waals surface area contributed by atoms with Crippen molar-refractivity contribution in [3.05, 3.63) is 59.2 Å². The summed E-state index contributed by atoms with van der Waals surface area (Å²) >= 11 is 1.54. The third kappa shape index (κ3) is 11.0. The molecule has 218 valence electrons. The maximum Gasteiger partial charge on any atom is 1.00 e. The van der Waals surface area contributed by atoms with Crippen LogP contribution in [0.2, 0.25) is 0 Å². The summed E-state index contributed by atoms with van der Waals surface area (Å²) in [5.41, 5.74) is 3.52. The van der Waals surface area contributed by atoms with Crippen molar-refractivity contribution in [3.63, 3.8) is 0 Å². The molecule has 2 aromatic rings. The Bertz CT molecular complexity index is 1180. The van der Waals surface area contributed by atoms with Crippen LogP contribution in [0, 0.1) is 6.92 Å². The summed E-state index contributed by atoms with van der Waals surface area (Å²) in [6.07, 6.45) is 5.25. The first-order valence-corrected chi connectivity index (χ1v) is 15.2. The van der Waals surface area contributed by atoms with Gasteiger partial charge in [-0.05, 0) is 106 Å². The molecule has 1 unspecified atom stereocenters. The topological polar surface area (TPSA) is 114 Å². The number of rotatable bonds is 11. The number of benzene rings is 2. The number of aliphatic carboxylic acids is 1. The average molecular weight is 578 g/mol. The van der Waals surface area contributed by atoms with E-state index in [1.54, 1.807) is 17.8 Å². The Morgan fingerprint density at radius 3 is 2.34 bits per heavy atom. The van der Waals surface area contributed by atoms with Gasteiger partial charge in [-0.15, -0.1) is 0 Å². The Morgan fingerprint density at radius 1 is 1.05 bits per heavy atom. The molecule has 3 rings (SSSR count). The van der Waals surface area contributed by atoms with Gasteiger partial charge in [0.15, 0.2) is 0 Å². The molecule has 1 aliphatic rings. The van der Waals surface area contributed by atoms with Gasteiger partial charge in [0.05, 0.1) is 12.7 Å². The third-order valence-electron chi connectivity index (χ3n) is 6.86. The zero-order chi connectivity index (χ0) is 29.3. The monoisotopic (exact) mass is 577 g/mol. The minimum absolute atomic E-state index is 0. The second kappa shape index (κ2) is 16.3. The van der Waals surface area contributed by atoms with Crippen molar-refractivity contribution in [2.45, 2.75) is 90.2 Å². The van der Waals surface area contributed by atoms with Crippen LogP contribution in [-0.4, -0.2) is 58.9 Å². The van der Waals surface area contributed by atoms with E-state index in [0.29, 0.717) is 24.3 Å². The van der Waals surface area contributed by atoms with Crippen LogP contribution >= 0.6 is 11.8 Å². The second-order valence-electron chi connectivity index (χ2n) is 11.3. The molecule has 0 saturated heterocycles. The summed E-state index contributed by atoms with van der Waals surface area (Å²) < 4.78 is 11.6. The van der Waals surface area contributed by atoms with E-state index in [-0.39, 0.29) is 37.1 Å². The summed E-state index contributed by atoms with van der Waals surface area (Å²) in [6.45, 7) is 7.92. The van der Waals surface area contributed by atoms with E-state index in [9.17, 15) is 19.5 Å². The summed E-state index contributed by atoms with van der Waals surface area (Å²) in [4.78, 5) is 37.1. The number of alkyl carbamates (subject to hydrolysis) is 1. The van der Waals surface area contributed by atoms with E-state index in [1.807, 2.05) is 70.3 Å². The minimum atomic E-state index is -1.04. The number of hydrogen-bond acceptors (Lipinski definition) is 6. The fourth-order valence-corrected chi connectivity index (χ4v) is 5.24. The van der Waals surface area contributed by atoms with Gasteiger partial charge in [0.25, 0.3) is 5.91 Å². The molecular weight excluding hydrogens is 535 g/mol. The second-order valence-corrected chi connectivity index (χ2v) is 12.3. The molecule has 10 heteroatoms. The molecule has 0 radical (unpaired) electrons. The molecule has 2 amide bonds. The first-order chi connectivity index (χ1) is 19.0. The van der Waals surface area contributed by atoms with Crippen LogP contribution in [0.25, 0.3) is 11.1 Å². The van der Waals surface area contributed by atoms with Crippen LogP contribution < -0.4 is 29.5 Å². The maximum atomic E-state index is 13.3. The summed E-state index contributed by atoms with van der Waals surface area (Å²) in [5.74, 6) is -0.812. The largest absolute Gasteiger partial charge is 1.00 e. The summed E-state index contributed by atoms with van der Waals surface area (Å²) in [5, 5.41) is 15.3. The van der Waals surface area contributed by atoms with Crippen LogP contribution in [0.4, 0.5) is 4.79 Å². The average Bonchev–Trinajstić information content (AvgIpc) is 2.89. The predicted octanol–water partition coefficient (Wildman–Crippen LogP) is 2.95. The molecule has 8 nitrogen and oxygen atoms in total. The Labute approximate surface area is 259 Å². The number of carboxylic acids is 1. The van der Waals surface area contributed by atoms with Crippen molar-refractivity contribution >= 4 is 29.7 Å². The van der Waals surface area contributed by atoms with Crippen molar-refractivity contribution in [2.24, 2.45) is 0 Å². The van der Waals surface area contributed by atoms with Gasteiger partial charge in [0.1, 0.15) is 11.6 Å². The molecule has 0 aliphatic heterocycles. The molecule has 3 N–H and O–H groups in total. The van der Waals surface area contributed by atoms with Gasteiger partial charge >= 0.3 is 30.9 Å². The number of carbonyl (C=O) groups is 3. The molecule has 0 bridgehead atoms. The van der Waals surface area contributed by atoms with Crippen LogP contribution in [0.1, 0.15) is 74.4 Å². The number of thioether (sulfide) groups is 1. The molecule has 0 aromatic heterocycles. The SMILES string of the molecule is CSCCC(NC(=O)c1ccc(COC2CCC(NC(=O)OC(C)(C)C)CC2)cc1-c1ccccc1C)C(=O)O.[Li+]. The number of nitrogens with one attached hydrogen (secondary N) is 2. The summed E-state index contributed by atoms with van der Waals surface area (Å²) in [6, 6.07) is 12.5. The van der Waals surface area contributed by atoms with Crippen molar-refractivity contribution in [1.29, 1.82) is 0 Å². The van der Waals surface area contributed by atoms with Crippen molar-refractivity contribution in [2.75, 3.05) is 12.0 Å². The summed E-state index contributed by atoms with van der Waals surface area (Å²) in [7, 11) is 0. The van der Waals surface area contributed by atoms with Gasteiger partial charge in [-0.2, -0.15) is 11.8 Å². The van der Waals surface area contributed by atoms with E-state index < -0.39 is 23.5 Å². The number of ether oxygens (including phenoxy) is 2. The molecule has 0 spiro atoms. The van der Waals surface area contributed by atoms with Gasteiger partial charge in [-0.1, -0.05) is 30.3 Å². The van der Waals surface area contributed by atoms with Gasteiger partial charge < -0.3 is 25.2 Å². The van der Waals surface area contributed by atoms with Crippen molar-refractivity contribution < 1.29 is 47.8 Å². The molecule has 1 fully saturated rings. The fraction of sp³-hybridized carbons (Fsp3) is 0.516. The van der Waals surface area contributed by atoms with Crippen LogP contribution in [0.3, 0.4) is 0 Å². The number of carbonyl (C=O) groups excluding carboxylic acids is 2. The smallest absolute Gasteiger partial charge is 0.480 e. The fourth-order valence-electron chi connectivity index (χ4n) is 4.77. The van der Waals surface area contributed by atoms with E-state index >= 15 is 0 Å². The van der Waals surface area contributed by atoms with Crippen molar-refractivity contribution in [1.82, 2.24) is 10.6 Å². The molecule has 2 aromatic carbocycles. The maximum absolute atomic E-state index is 13.3. The Morgan fingerprint density at radius 2 is 1.73 bits per heavy atom. The van der Waals surface area contributed by atoms with E-state index in [4.69, 9.17) is 9.47 Å². The first kappa shape index (κ1) is 34.8. The Balaban J connectivity index is 0.00000588. The van der Waals surface area contributed by atoms with Gasteiger partial charge in [0, 0.05) is 11.6 Å². The zero-order valence-corrected chi connectivity index (χ0v) is 25.9. The quantitative estimate of drug-likeness (QED) is 0.352. The molecule has 41 heavy (non-hydrogen) atoms. The minimum Gasteiger partial charge on any atom is -0.480 e. The normalized spacial score (nSPS) is 17.6. The first-order valence-electron chi connectivity index (χ1n) is 13.8. The third-order valence-corrected chi connectivity index (χ3v) is 7.50. The van der Waals surface area contributed by atoms with Gasteiger partial charge in [-0.25, -0.2) is 9.59 Å². The predicted molar refractivity (Wildman–Crippen MR) is 159 cm³/mol. The van der Waals surface area contributed by atoms with Crippen molar-refractivity contribution in [3.8, 4) is 11.1 Å². The molecule has 1 atom stereocenters. The number of amides is 2. The van der Waals surface area contributed by atoms with Gasteiger partial charge in [0.2, 0.25) is 0 Å². The molecule has 1 aliphatic carbocycles. The zero-order valence-electron chi connectivity index (χ0n) is 25.1. The molecular formula is C31H42LiN2O6S+. The van der Waals surface area contributed by atoms with E-state index in [0.717, 1.165) is 47.9 Å². The number of aryl methyl sites for hydroxylation is 1. The van der Waals surface area contributed by atoms with E-state index in [1.165, 1.54) is 0 Å². The number of hydrogen-bond donors (Lipinski definition) is 3. The van der Waals surface area contributed by atoms with Gasteiger partial charge in [-0.3, -0.25) is 4.79 Å². The molecule has 0 heterocycles. The Hall–Kier alpha value is -2.44. The Kier molecular flexibility index (Phi) is 13.8. The van der Waals surface area contributed by atoms with E-state index in [2.05, 4.69) is 10.6 Å². The van der Waals surface area contributed by atoms with Crippen LogP contribution in [0.15, 0.2) is 42.5 Å². The standard InChI is InChI=1S/C31H42N2O6S.Li/c1-20-8-6-7-9-24(20)26-18-21(10-15-25(26)28(34)33-27(29(35)36)16-17-40-5)19-38-23-13-11-22(12-14-23)32-30(37)39-31(2,3)4;/h6-10,15,18,22-23,27H,11-14,16-17,19H2,1-5H3,(H,32,37)(H,33,34)(H,35,36);/q;+1.